The first-order valence-electron chi connectivity index (χ1n) is 8.05. The lowest BCUT2D eigenvalue weighted by Crippen LogP contribution is -1.94. The Morgan fingerprint density at radius 3 is 2.60 bits per heavy atom. The number of rotatable bonds is 6. The molecule has 25 heavy (non-hydrogen) atoms. The number of hydrogen-bond donors (Lipinski definition) is 0. The fourth-order valence-corrected chi connectivity index (χ4v) is 2.55. The Morgan fingerprint density at radius 2 is 1.84 bits per heavy atom. The first-order valence-corrected chi connectivity index (χ1v) is 8.05. The maximum atomic E-state index is 5.80. The number of nitrogens with zero attached hydrogens (tertiary/aromatic N) is 3. The minimum Gasteiger partial charge on any atom is -0.489 e. The normalized spacial score (nSPS) is 10.7. The first-order chi connectivity index (χ1) is 12.4. The number of ether oxygens (including phenoxy) is 1. The quantitative estimate of drug-likeness (QED) is 0.532. The molecular formula is C20H17N3O2. The molecule has 0 bridgehead atoms. The lowest BCUT2D eigenvalue weighted by molar-refractivity contribution is 0.306. The van der Waals surface area contributed by atoms with Gasteiger partial charge in [-0.05, 0) is 29.8 Å². The standard InChI is InChI=1S/C20H17N3O2/c1-2-4-16(5-3-1)14-24-18-8-6-17(7-9-18)20-12-19(25-22-20)13-23-11-10-21-15-23/h1-12,15H,13-14H2. The van der Waals surface area contributed by atoms with Crippen LogP contribution in [0, 0.1) is 0 Å². The summed E-state index contributed by atoms with van der Waals surface area (Å²) in [6.07, 6.45) is 5.38. The van der Waals surface area contributed by atoms with Gasteiger partial charge in [-0.3, -0.25) is 0 Å². The second-order valence-corrected chi connectivity index (χ2v) is 5.71. The van der Waals surface area contributed by atoms with Crippen LogP contribution < -0.4 is 4.74 Å². The summed E-state index contributed by atoms with van der Waals surface area (Å²) in [7, 11) is 0. The van der Waals surface area contributed by atoms with Gasteiger partial charge in [-0.25, -0.2) is 4.98 Å². The molecule has 2 heterocycles. The largest absolute Gasteiger partial charge is 0.489 e. The molecule has 0 fully saturated rings. The fraction of sp³-hybridized carbons (Fsp3) is 0.100. The molecule has 5 heteroatoms. The van der Waals surface area contributed by atoms with Crippen LogP contribution in [0.5, 0.6) is 5.75 Å². The summed E-state index contributed by atoms with van der Waals surface area (Å²) < 4.78 is 13.1. The van der Waals surface area contributed by atoms with E-state index in [9.17, 15) is 0 Å². The van der Waals surface area contributed by atoms with E-state index >= 15 is 0 Å². The van der Waals surface area contributed by atoms with Gasteiger partial charge in [0, 0.05) is 24.0 Å². The number of aromatic nitrogens is 3. The van der Waals surface area contributed by atoms with Crippen molar-refractivity contribution in [2.45, 2.75) is 13.2 Å². The van der Waals surface area contributed by atoms with Crippen molar-refractivity contribution in [3.63, 3.8) is 0 Å². The Labute approximate surface area is 145 Å². The topological polar surface area (TPSA) is 53.1 Å². The molecule has 0 amide bonds. The number of benzene rings is 2. The molecule has 4 rings (SSSR count). The van der Waals surface area contributed by atoms with Gasteiger partial charge in [0.15, 0.2) is 5.76 Å². The van der Waals surface area contributed by atoms with Crippen molar-refractivity contribution >= 4 is 0 Å². The molecule has 2 aromatic heterocycles. The van der Waals surface area contributed by atoms with E-state index in [1.807, 2.05) is 71.4 Å². The molecule has 5 nitrogen and oxygen atoms in total. The van der Waals surface area contributed by atoms with Gasteiger partial charge in [0.1, 0.15) is 18.1 Å². The van der Waals surface area contributed by atoms with Crippen molar-refractivity contribution in [1.82, 2.24) is 14.7 Å². The molecule has 0 aliphatic rings. The molecule has 0 unspecified atom stereocenters. The molecule has 124 valence electrons. The minimum absolute atomic E-state index is 0.555. The Kier molecular flexibility index (Phi) is 4.29. The van der Waals surface area contributed by atoms with Gasteiger partial charge in [-0.15, -0.1) is 0 Å². The molecule has 0 saturated heterocycles. The van der Waals surface area contributed by atoms with E-state index in [1.54, 1.807) is 12.5 Å². The van der Waals surface area contributed by atoms with Gasteiger partial charge >= 0.3 is 0 Å². The molecule has 0 radical (unpaired) electrons. The predicted molar refractivity (Wildman–Crippen MR) is 94.0 cm³/mol. The summed E-state index contributed by atoms with van der Waals surface area (Å²) in [6.45, 7) is 1.17. The third-order valence-electron chi connectivity index (χ3n) is 3.85. The highest BCUT2D eigenvalue weighted by Gasteiger charge is 2.07. The van der Waals surface area contributed by atoms with Crippen LogP contribution in [0.1, 0.15) is 11.3 Å². The molecule has 0 N–H and O–H groups in total. The zero-order valence-electron chi connectivity index (χ0n) is 13.6. The summed E-state index contributed by atoms with van der Waals surface area (Å²) in [5, 5.41) is 4.14. The van der Waals surface area contributed by atoms with Crippen LogP contribution in [0.15, 0.2) is 83.9 Å². The van der Waals surface area contributed by atoms with Crippen molar-refractivity contribution in [2.75, 3.05) is 0 Å². The molecule has 4 aromatic rings. The van der Waals surface area contributed by atoms with E-state index in [0.29, 0.717) is 13.2 Å². The van der Waals surface area contributed by atoms with E-state index < -0.39 is 0 Å². The summed E-state index contributed by atoms with van der Waals surface area (Å²) in [5.41, 5.74) is 2.95. The van der Waals surface area contributed by atoms with E-state index in [4.69, 9.17) is 9.26 Å². The van der Waals surface area contributed by atoms with E-state index in [1.165, 1.54) is 0 Å². The highest BCUT2D eigenvalue weighted by molar-refractivity contribution is 5.59. The Balaban J connectivity index is 1.41. The van der Waals surface area contributed by atoms with E-state index in [-0.39, 0.29) is 0 Å². The number of imidazole rings is 1. The first kappa shape index (κ1) is 15.2. The highest BCUT2D eigenvalue weighted by Crippen LogP contribution is 2.23. The zero-order chi connectivity index (χ0) is 16.9. The summed E-state index contributed by atoms with van der Waals surface area (Å²) in [5.74, 6) is 1.62. The van der Waals surface area contributed by atoms with Crippen LogP contribution in [-0.2, 0) is 13.2 Å². The Hall–Kier alpha value is -3.34. The average molecular weight is 331 g/mol. The van der Waals surface area contributed by atoms with Crippen LogP contribution in [0.3, 0.4) is 0 Å². The highest BCUT2D eigenvalue weighted by atomic mass is 16.5. The van der Waals surface area contributed by atoms with Gasteiger partial charge < -0.3 is 13.8 Å². The second kappa shape index (κ2) is 7.05. The summed E-state index contributed by atoms with van der Waals surface area (Å²) >= 11 is 0. The van der Waals surface area contributed by atoms with Gasteiger partial charge in [0.25, 0.3) is 0 Å². The van der Waals surface area contributed by atoms with E-state index in [0.717, 1.165) is 28.3 Å². The third kappa shape index (κ3) is 3.77. The number of hydrogen-bond acceptors (Lipinski definition) is 4. The molecule has 2 aromatic carbocycles. The van der Waals surface area contributed by atoms with Gasteiger partial charge in [-0.2, -0.15) is 0 Å². The minimum atomic E-state index is 0.555. The molecule has 0 aliphatic heterocycles. The van der Waals surface area contributed by atoms with Gasteiger partial charge in [-0.1, -0.05) is 35.5 Å². The second-order valence-electron chi connectivity index (χ2n) is 5.71. The van der Waals surface area contributed by atoms with Crippen molar-refractivity contribution in [1.29, 1.82) is 0 Å². The lowest BCUT2D eigenvalue weighted by Gasteiger charge is -2.06. The third-order valence-corrected chi connectivity index (χ3v) is 3.85. The van der Waals surface area contributed by atoms with Crippen molar-refractivity contribution in [2.24, 2.45) is 0 Å². The average Bonchev–Trinajstić information content (AvgIpc) is 3.34. The van der Waals surface area contributed by atoms with Gasteiger partial charge in [0.05, 0.1) is 12.9 Å². The summed E-state index contributed by atoms with van der Waals surface area (Å²) in [4.78, 5) is 4.02. The molecule has 0 saturated carbocycles. The Bertz CT molecular complexity index is 913. The van der Waals surface area contributed by atoms with Crippen molar-refractivity contribution < 1.29 is 9.26 Å². The Morgan fingerprint density at radius 1 is 1.00 bits per heavy atom. The van der Waals surface area contributed by atoms with E-state index in [2.05, 4.69) is 10.1 Å². The zero-order valence-corrected chi connectivity index (χ0v) is 13.6. The monoisotopic (exact) mass is 331 g/mol. The van der Waals surface area contributed by atoms with Gasteiger partial charge in [0.2, 0.25) is 0 Å². The maximum Gasteiger partial charge on any atom is 0.157 e. The van der Waals surface area contributed by atoms with Crippen LogP contribution in [-0.4, -0.2) is 14.7 Å². The molecular weight excluding hydrogens is 314 g/mol. The SMILES string of the molecule is c1ccc(COc2ccc(-c3cc(Cn4ccnc4)on3)cc2)cc1. The molecule has 0 atom stereocenters. The summed E-state index contributed by atoms with van der Waals surface area (Å²) in [6, 6.07) is 19.9. The smallest absolute Gasteiger partial charge is 0.157 e. The fourth-order valence-electron chi connectivity index (χ4n) is 2.55. The van der Waals surface area contributed by atoms with Crippen LogP contribution in [0.2, 0.25) is 0 Å². The molecule has 0 spiro atoms. The molecule has 0 aliphatic carbocycles. The van der Waals surface area contributed by atoms with Crippen molar-refractivity contribution in [3.05, 3.63) is 90.7 Å². The van der Waals surface area contributed by atoms with Crippen LogP contribution in [0.25, 0.3) is 11.3 Å². The predicted octanol–water partition coefficient (Wildman–Crippen LogP) is 4.17. The van der Waals surface area contributed by atoms with Crippen LogP contribution >= 0.6 is 0 Å². The van der Waals surface area contributed by atoms with Crippen LogP contribution in [0.4, 0.5) is 0 Å². The maximum absolute atomic E-state index is 5.80. The van der Waals surface area contributed by atoms with Crippen molar-refractivity contribution in [3.8, 4) is 17.0 Å². The lowest BCUT2D eigenvalue weighted by atomic mass is 10.1.